The molecule has 0 unspecified atom stereocenters. The predicted molar refractivity (Wildman–Crippen MR) is 119 cm³/mol. The number of halogens is 1. The van der Waals surface area contributed by atoms with Gasteiger partial charge in [0.25, 0.3) is 5.91 Å². The van der Waals surface area contributed by atoms with Gasteiger partial charge in [0, 0.05) is 4.47 Å². The lowest BCUT2D eigenvalue weighted by Gasteiger charge is -2.20. The normalized spacial score (nSPS) is 11.6. The molecule has 0 atom stereocenters. The van der Waals surface area contributed by atoms with Crippen LogP contribution in [0.2, 0.25) is 0 Å². The van der Waals surface area contributed by atoms with Crippen LogP contribution in [0.1, 0.15) is 38.8 Å². The minimum Gasteiger partial charge on any atom is -0.493 e. The number of nitrogens with one attached hydrogen (secondary N) is 1. The molecular formula is C23H25BrN2O3. The number of carbonyl (C=O) groups is 1. The van der Waals surface area contributed by atoms with Crippen molar-refractivity contribution in [3.8, 4) is 17.6 Å². The van der Waals surface area contributed by atoms with Crippen LogP contribution < -0.4 is 14.8 Å². The standard InChI is InChI=1S/C23H25BrN2O3/c1-6-29-20-10-7-15(12-21(20)28-5)11-16(14-25)22(27)26-19-9-8-17(13-18(19)24)23(2,3)4/h7-13H,6H2,1-5H3,(H,26,27)/b16-11+. The molecule has 2 aromatic rings. The molecule has 0 aromatic heterocycles. The van der Waals surface area contributed by atoms with Crippen LogP contribution in [0.4, 0.5) is 5.69 Å². The number of rotatable bonds is 6. The maximum Gasteiger partial charge on any atom is 0.266 e. The first-order valence-electron chi connectivity index (χ1n) is 9.23. The number of benzene rings is 2. The molecule has 152 valence electrons. The van der Waals surface area contributed by atoms with Gasteiger partial charge in [-0.3, -0.25) is 4.79 Å². The summed E-state index contributed by atoms with van der Waals surface area (Å²) in [4.78, 5) is 12.6. The Morgan fingerprint density at radius 1 is 1.21 bits per heavy atom. The lowest BCUT2D eigenvalue weighted by atomic mass is 9.87. The summed E-state index contributed by atoms with van der Waals surface area (Å²) in [6, 6.07) is 13.0. The number of ether oxygens (including phenoxy) is 2. The van der Waals surface area contributed by atoms with Crippen LogP contribution >= 0.6 is 15.9 Å². The van der Waals surface area contributed by atoms with Gasteiger partial charge >= 0.3 is 0 Å². The monoisotopic (exact) mass is 456 g/mol. The van der Waals surface area contributed by atoms with E-state index in [0.717, 1.165) is 10.0 Å². The molecule has 0 aliphatic rings. The van der Waals surface area contributed by atoms with E-state index in [1.54, 1.807) is 25.3 Å². The Labute approximate surface area is 180 Å². The fourth-order valence-corrected chi connectivity index (χ4v) is 3.11. The van der Waals surface area contributed by atoms with Crippen molar-refractivity contribution in [2.24, 2.45) is 0 Å². The third kappa shape index (κ3) is 5.85. The summed E-state index contributed by atoms with van der Waals surface area (Å²) in [5, 5.41) is 12.3. The quantitative estimate of drug-likeness (QED) is 0.446. The highest BCUT2D eigenvalue weighted by atomic mass is 79.9. The molecule has 2 aromatic carbocycles. The molecule has 0 radical (unpaired) electrons. The summed E-state index contributed by atoms with van der Waals surface area (Å²) in [7, 11) is 1.54. The van der Waals surface area contributed by atoms with Gasteiger partial charge in [-0.2, -0.15) is 5.26 Å². The third-order valence-electron chi connectivity index (χ3n) is 4.25. The predicted octanol–water partition coefficient (Wildman–Crippen LogP) is 5.70. The Morgan fingerprint density at radius 3 is 2.48 bits per heavy atom. The van der Waals surface area contributed by atoms with E-state index < -0.39 is 5.91 Å². The van der Waals surface area contributed by atoms with E-state index in [4.69, 9.17) is 9.47 Å². The molecule has 0 spiro atoms. The van der Waals surface area contributed by atoms with Crippen molar-refractivity contribution in [1.82, 2.24) is 0 Å². The zero-order valence-electron chi connectivity index (χ0n) is 17.3. The molecule has 1 N–H and O–H groups in total. The Kier molecular flexibility index (Phi) is 7.46. The van der Waals surface area contributed by atoms with Crippen molar-refractivity contribution in [3.63, 3.8) is 0 Å². The number of amides is 1. The summed E-state index contributed by atoms with van der Waals surface area (Å²) in [6.45, 7) is 8.76. The molecule has 0 saturated heterocycles. The van der Waals surface area contributed by atoms with Gasteiger partial charge in [-0.15, -0.1) is 0 Å². The Balaban J connectivity index is 2.26. The van der Waals surface area contributed by atoms with Gasteiger partial charge in [-0.05, 0) is 69.7 Å². The summed E-state index contributed by atoms with van der Waals surface area (Å²) in [5.74, 6) is 0.668. The number of nitrogens with zero attached hydrogens (tertiary/aromatic N) is 1. The van der Waals surface area contributed by atoms with E-state index >= 15 is 0 Å². The molecule has 0 fully saturated rings. The summed E-state index contributed by atoms with van der Waals surface area (Å²) in [6.07, 6.45) is 1.52. The van der Waals surface area contributed by atoms with E-state index in [-0.39, 0.29) is 11.0 Å². The number of anilines is 1. The Bertz CT molecular complexity index is 969. The molecule has 0 aliphatic heterocycles. The highest BCUT2D eigenvalue weighted by Crippen LogP contribution is 2.31. The summed E-state index contributed by atoms with van der Waals surface area (Å²) < 4.78 is 11.6. The van der Waals surface area contributed by atoms with Gasteiger partial charge in [-0.25, -0.2) is 0 Å². The van der Waals surface area contributed by atoms with E-state index in [2.05, 4.69) is 42.0 Å². The van der Waals surface area contributed by atoms with Gasteiger partial charge in [0.1, 0.15) is 11.6 Å². The zero-order chi connectivity index (χ0) is 21.6. The topological polar surface area (TPSA) is 71.3 Å². The number of hydrogen-bond acceptors (Lipinski definition) is 4. The van der Waals surface area contributed by atoms with Crippen molar-refractivity contribution in [1.29, 1.82) is 5.26 Å². The second-order valence-corrected chi connectivity index (χ2v) is 8.27. The van der Waals surface area contributed by atoms with Crippen molar-refractivity contribution in [2.75, 3.05) is 19.0 Å². The van der Waals surface area contributed by atoms with Crippen LogP contribution in [0.5, 0.6) is 11.5 Å². The lowest BCUT2D eigenvalue weighted by Crippen LogP contribution is -2.15. The van der Waals surface area contributed by atoms with Crippen LogP contribution in [-0.4, -0.2) is 19.6 Å². The number of carbonyl (C=O) groups excluding carboxylic acids is 1. The van der Waals surface area contributed by atoms with Crippen LogP contribution in [0.25, 0.3) is 6.08 Å². The molecule has 1 amide bonds. The maximum absolute atomic E-state index is 12.6. The Hall–Kier alpha value is -2.78. The van der Waals surface area contributed by atoms with Gasteiger partial charge < -0.3 is 14.8 Å². The van der Waals surface area contributed by atoms with E-state index in [0.29, 0.717) is 29.4 Å². The van der Waals surface area contributed by atoms with E-state index in [1.807, 2.05) is 31.2 Å². The molecule has 5 nitrogen and oxygen atoms in total. The van der Waals surface area contributed by atoms with Crippen LogP contribution in [0.15, 0.2) is 46.4 Å². The minimum absolute atomic E-state index is 0.00448. The van der Waals surface area contributed by atoms with Gasteiger partial charge in [0.05, 0.1) is 19.4 Å². The largest absolute Gasteiger partial charge is 0.493 e. The number of hydrogen-bond donors (Lipinski definition) is 1. The van der Waals surface area contributed by atoms with Gasteiger partial charge in [-0.1, -0.05) is 32.9 Å². The second-order valence-electron chi connectivity index (χ2n) is 7.41. The Morgan fingerprint density at radius 2 is 1.93 bits per heavy atom. The lowest BCUT2D eigenvalue weighted by molar-refractivity contribution is -0.112. The molecule has 6 heteroatoms. The highest BCUT2D eigenvalue weighted by molar-refractivity contribution is 9.10. The third-order valence-corrected chi connectivity index (χ3v) is 4.90. The van der Waals surface area contributed by atoms with Crippen molar-refractivity contribution in [2.45, 2.75) is 33.1 Å². The molecule has 0 heterocycles. The molecule has 29 heavy (non-hydrogen) atoms. The maximum atomic E-state index is 12.6. The van der Waals surface area contributed by atoms with Crippen molar-refractivity contribution >= 4 is 33.6 Å². The smallest absolute Gasteiger partial charge is 0.266 e. The van der Waals surface area contributed by atoms with E-state index in [1.165, 1.54) is 6.08 Å². The fraction of sp³-hybridized carbons (Fsp3) is 0.304. The van der Waals surface area contributed by atoms with E-state index in [9.17, 15) is 10.1 Å². The number of nitriles is 1. The first-order chi connectivity index (χ1) is 13.7. The second kappa shape index (κ2) is 9.62. The molecule has 0 saturated carbocycles. The average Bonchev–Trinajstić information content (AvgIpc) is 2.67. The SMILES string of the molecule is CCOc1ccc(/C=C(\C#N)C(=O)Nc2ccc(C(C)(C)C)cc2Br)cc1OC. The molecule has 2 rings (SSSR count). The molecule has 0 aliphatic carbocycles. The van der Waals surface area contributed by atoms with Crippen molar-refractivity contribution in [3.05, 3.63) is 57.6 Å². The first-order valence-corrected chi connectivity index (χ1v) is 10.0. The molecule has 0 bridgehead atoms. The highest BCUT2D eigenvalue weighted by Gasteiger charge is 2.17. The van der Waals surface area contributed by atoms with Gasteiger partial charge in [0.15, 0.2) is 11.5 Å². The van der Waals surface area contributed by atoms with Crippen LogP contribution in [0, 0.1) is 11.3 Å². The van der Waals surface area contributed by atoms with Crippen LogP contribution in [0.3, 0.4) is 0 Å². The number of methoxy groups -OCH3 is 1. The van der Waals surface area contributed by atoms with Crippen molar-refractivity contribution < 1.29 is 14.3 Å². The zero-order valence-corrected chi connectivity index (χ0v) is 18.9. The molecular weight excluding hydrogens is 432 g/mol. The summed E-state index contributed by atoms with van der Waals surface area (Å²) >= 11 is 3.50. The van der Waals surface area contributed by atoms with Gasteiger partial charge in [0.2, 0.25) is 0 Å². The fourth-order valence-electron chi connectivity index (χ4n) is 2.64. The minimum atomic E-state index is -0.482. The average molecular weight is 457 g/mol. The summed E-state index contributed by atoms with van der Waals surface area (Å²) in [5.41, 5.74) is 2.39. The van der Waals surface area contributed by atoms with Crippen LogP contribution in [-0.2, 0) is 10.2 Å². The first kappa shape index (κ1) is 22.5.